The summed E-state index contributed by atoms with van der Waals surface area (Å²) in [7, 11) is 2.22. The summed E-state index contributed by atoms with van der Waals surface area (Å²) < 4.78 is 0. The topological polar surface area (TPSA) is 28.2 Å². The van der Waals surface area contributed by atoms with Crippen LogP contribution in [-0.4, -0.2) is 24.6 Å². The molecule has 0 radical (unpaired) electrons. The quantitative estimate of drug-likeness (QED) is 0.890. The second kappa shape index (κ2) is 5.81. The number of hydrogen-bond donors (Lipinski definition) is 1. The molecule has 2 rings (SSSR count). The minimum atomic E-state index is 0.532. The largest absolute Gasteiger partial charge is 0.371 e. The lowest BCUT2D eigenvalue weighted by Crippen LogP contribution is -2.37. The van der Waals surface area contributed by atoms with Crippen molar-refractivity contribution in [1.29, 1.82) is 0 Å². The van der Waals surface area contributed by atoms with Gasteiger partial charge in [0.15, 0.2) is 0 Å². The van der Waals surface area contributed by atoms with Gasteiger partial charge in [-0.25, -0.2) is 4.98 Å². The van der Waals surface area contributed by atoms with Gasteiger partial charge < -0.3 is 10.2 Å². The van der Waals surface area contributed by atoms with Gasteiger partial charge in [0.25, 0.3) is 0 Å². The lowest BCUT2D eigenvalue weighted by Gasteiger charge is -2.39. The number of aromatic nitrogens is 1. The van der Waals surface area contributed by atoms with E-state index < -0.39 is 0 Å². The minimum Gasteiger partial charge on any atom is -0.371 e. The van der Waals surface area contributed by atoms with Gasteiger partial charge in [0.05, 0.1) is 0 Å². The van der Waals surface area contributed by atoms with Gasteiger partial charge in [-0.1, -0.05) is 13.8 Å². The molecule has 1 heterocycles. The van der Waals surface area contributed by atoms with Crippen molar-refractivity contribution in [2.45, 2.75) is 52.5 Å². The summed E-state index contributed by atoms with van der Waals surface area (Å²) in [6, 6.07) is 4.94. The number of nitrogens with one attached hydrogen (secondary N) is 1. The number of pyridine rings is 1. The Kier molecular flexibility index (Phi) is 4.33. The van der Waals surface area contributed by atoms with Gasteiger partial charge in [0.2, 0.25) is 0 Å². The van der Waals surface area contributed by atoms with Crippen LogP contribution in [0.1, 0.15) is 46.5 Å². The molecule has 1 fully saturated rings. The van der Waals surface area contributed by atoms with E-state index in [-0.39, 0.29) is 0 Å². The van der Waals surface area contributed by atoms with Crippen LogP contribution in [0.15, 0.2) is 18.3 Å². The maximum atomic E-state index is 4.34. The molecule has 1 aliphatic rings. The Bertz CT molecular complexity index is 404. The molecule has 0 bridgehead atoms. The molecule has 3 heteroatoms. The van der Waals surface area contributed by atoms with Gasteiger partial charge in [-0.2, -0.15) is 0 Å². The van der Waals surface area contributed by atoms with Crippen LogP contribution in [-0.2, 0) is 0 Å². The van der Waals surface area contributed by atoms with Crippen molar-refractivity contribution in [2.24, 2.45) is 5.41 Å². The zero-order chi connectivity index (χ0) is 13.9. The van der Waals surface area contributed by atoms with E-state index in [9.17, 15) is 0 Å². The summed E-state index contributed by atoms with van der Waals surface area (Å²) in [5.41, 5.74) is 1.81. The third kappa shape index (κ3) is 3.62. The standard InChI is InChI=1S/C16H27N3/c1-5-17-15-12-14(8-11-18-15)19(4)13-6-9-16(2,3)10-7-13/h8,11-13H,5-7,9-10H2,1-4H3,(H,17,18). The monoisotopic (exact) mass is 261 g/mol. The fraction of sp³-hybridized carbons (Fsp3) is 0.688. The van der Waals surface area contributed by atoms with Crippen LogP contribution in [0.25, 0.3) is 0 Å². The van der Waals surface area contributed by atoms with Crippen LogP contribution in [0.3, 0.4) is 0 Å². The Morgan fingerprint density at radius 3 is 2.68 bits per heavy atom. The fourth-order valence-electron chi connectivity index (χ4n) is 2.90. The highest BCUT2D eigenvalue weighted by Crippen LogP contribution is 2.37. The van der Waals surface area contributed by atoms with Crippen LogP contribution in [0.2, 0.25) is 0 Å². The summed E-state index contributed by atoms with van der Waals surface area (Å²) in [6.45, 7) is 7.79. The predicted octanol–water partition coefficient (Wildman–Crippen LogP) is 3.92. The van der Waals surface area contributed by atoms with Gasteiger partial charge in [-0.15, -0.1) is 0 Å². The molecular formula is C16H27N3. The highest BCUT2D eigenvalue weighted by Gasteiger charge is 2.28. The number of hydrogen-bond acceptors (Lipinski definition) is 3. The van der Waals surface area contributed by atoms with E-state index in [0.717, 1.165) is 12.4 Å². The number of anilines is 2. The molecule has 0 atom stereocenters. The van der Waals surface area contributed by atoms with Crippen molar-refractivity contribution in [1.82, 2.24) is 4.98 Å². The average molecular weight is 261 g/mol. The first-order valence-corrected chi connectivity index (χ1v) is 7.44. The summed E-state index contributed by atoms with van der Waals surface area (Å²) in [6.07, 6.45) is 7.14. The first-order chi connectivity index (χ1) is 9.02. The summed E-state index contributed by atoms with van der Waals surface area (Å²) in [5.74, 6) is 0.975. The third-order valence-corrected chi connectivity index (χ3v) is 4.37. The molecule has 1 saturated carbocycles. The Balaban J connectivity index is 2.03. The van der Waals surface area contributed by atoms with Crippen LogP contribution in [0, 0.1) is 5.41 Å². The fourth-order valence-corrected chi connectivity index (χ4v) is 2.90. The predicted molar refractivity (Wildman–Crippen MR) is 82.8 cm³/mol. The van der Waals surface area contributed by atoms with E-state index in [1.54, 1.807) is 0 Å². The second-order valence-corrected chi connectivity index (χ2v) is 6.44. The van der Waals surface area contributed by atoms with E-state index in [4.69, 9.17) is 0 Å². The Morgan fingerprint density at radius 2 is 2.05 bits per heavy atom. The van der Waals surface area contributed by atoms with Crippen molar-refractivity contribution in [3.63, 3.8) is 0 Å². The van der Waals surface area contributed by atoms with Crippen LogP contribution in [0.4, 0.5) is 11.5 Å². The summed E-state index contributed by atoms with van der Waals surface area (Å²) in [4.78, 5) is 6.77. The van der Waals surface area contributed by atoms with Crippen molar-refractivity contribution in [2.75, 3.05) is 23.8 Å². The third-order valence-electron chi connectivity index (χ3n) is 4.37. The highest BCUT2D eigenvalue weighted by atomic mass is 15.1. The normalized spacial score (nSPS) is 19.2. The number of rotatable bonds is 4. The van der Waals surface area contributed by atoms with Crippen molar-refractivity contribution >= 4 is 11.5 Å². The molecule has 0 saturated heterocycles. The molecule has 106 valence electrons. The van der Waals surface area contributed by atoms with Gasteiger partial charge in [0, 0.05) is 37.6 Å². The van der Waals surface area contributed by atoms with E-state index in [2.05, 4.69) is 55.2 Å². The highest BCUT2D eigenvalue weighted by molar-refractivity contribution is 5.54. The molecular weight excluding hydrogens is 234 g/mol. The van der Waals surface area contributed by atoms with Gasteiger partial charge in [-0.3, -0.25) is 0 Å². The van der Waals surface area contributed by atoms with E-state index in [1.165, 1.54) is 31.4 Å². The molecule has 1 N–H and O–H groups in total. The summed E-state index contributed by atoms with van der Waals surface area (Å²) >= 11 is 0. The maximum Gasteiger partial charge on any atom is 0.127 e. The van der Waals surface area contributed by atoms with Crippen LogP contribution < -0.4 is 10.2 Å². The van der Waals surface area contributed by atoms with Crippen molar-refractivity contribution in [3.8, 4) is 0 Å². The van der Waals surface area contributed by atoms with Gasteiger partial charge >= 0.3 is 0 Å². The molecule has 0 spiro atoms. The Labute approximate surface area is 117 Å². The molecule has 0 unspecified atom stereocenters. The minimum absolute atomic E-state index is 0.532. The SMILES string of the molecule is CCNc1cc(N(C)C2CCC(C)(C)CC2)ccn1. The van der Waals surface area contributed by atoms with Crippen molar-refractivity contribution < 1.29 is 0 Å². The lowest BCUT2D eigenvalue weighted by atomic mass is 9.75. The van der Waals surface area contributed by atoms with E-state index >= 15 is 0 Å². The van der Waals surface area contributed by atoms with E-state index in [1.807, 2.05) is 6.20 Å². The van der Waals surface area contributed by atoms with Crippen LogP contribution >= 0.6 is 0 Å². The molecule has 0 amide bonds. The Morgan fingerprint density at radius 1 is 1.37 bits per heavy atom. The molecule has 1 aromatic rings. The Hall–Kier alpha value is -1.25. The smallest absolute Gasteiger partial charge is 0.127 e. The zero-order valence-corrected chi connectivity index (χ0v) is 12.7. The van der Waals surface area contributed by atoms with E-state index in [0.29, 0.717) is 11.5 Å². The molecule has 0 aromatic carbocycles. The van der Waals surface area contributed by atoms with Gasteiger partial charge in [0.1, 0.15) is 5.82 Å². The zero-order valence-electron chi connectivity index (χ0n) is 12.7. The first kappa shape index (κ1) is 14.2. The van der Waals surface area contributed by atoms with Gasteiger partial charge in [-0.05, 0) is 44.1 Å². The van der Waals surface area contributed by atoms with Crippen LogP contribution in [0.5, 0.6) is 0 Å². The summed E-state index contributed by atoms with van der Waals surface area (Å²) in [5, 5.41) is 3.28. The molecule has 1 aromatic heterocycles. The second-order valence-electron chi connectivity index (χ2n) is 6.44. The lowest BCUT2D eigenvalue weighted by molar-refractivity contribution is 0.222. The molecule has 1 aliphatic carbocycles. The molecule has 0 aliphatic heterocycles. The molecule has 3 nitrogen and oxygen atoms in total. The number of nitrogens with zero attached hydrogens (tertiary/aromatic N) is 2. The van der Waals surface area contributed by atoms with Crippen molar-refractivity contribution in [3.05, 3.63) is 18.3 Å². The molecule has 19 heavy (non-hydrogen) atoms. The maximum absolute atomic E-state index is 4.34. The first-order valence-electron chi connectivity index (χ1n) is 7.44. The average Bonchev–Trinajstić information content (AvgIpc) is 2.39.